The van der Waals surface area contributed by atoms with E-state index in [4.69, 9.17) is 4.74 Å². The third kappa shape index (κ3) is 3.88. The van der Waals surface area contributed by atoms with E-state index in [1.807, 2.05) is 18.2 Å². The molecule has 0 aromatic carbocycles. The highest BCUT2D eigenvalue weighted by molar-refractivity contribution is 7.88. The van der Waals surface area contributed by atoms with Crippen LogP contribution in [0.1, 0.15) is 18.5 Å². The lowest BCUT2D eigenvalue weighted by Gasteiger charge is -2.32. The number of sulfonamides is 1. The van der Waals surface area contributed by atoms with Crippen LogP contribution in [0, 0.1) is 5.92 Å². The zero-order valence-corrected chi connectivity index (χ0v) is 13.8. The van der Waals surface area contributed by atoms with Crippen molar-refractivity contribution in [3.63, 3.8) is 0 Å². The second kappa shape index (κ2) is 6.54. The zero-order valence-electron chi connectivity index (χ0n) is 13.0. The maximum atomic E-state index is 12.2. The van der Waals surface area contributed by atoms with Gasteiger partial charge in [0.25, 0.3) is 0 Å². The van der Waals surface area contributed by atoms with Crippen LogP contribution < -0.4 is 5.32 Å². The molecule has 3 atom stereocenters. The number of hydrogen-bond donors (Lipinski definition) is 1. The van der Waals surface area contributed by atoms with E-state index in [0.717, 1.165) is 12.1 Å². The highest BCUT2D eigenvalue weighted by atomic mass is 32.2. The quantitative estimate of drug-likeness (QED) is 0.843. The largest absolute Gasteiger partial charge is 0.363 e. The number of nitrogens with zero attached hydrogens (tertiary/aromatic N) is 2. The number of ether oxygens (including phenoxy) is 1. The van der Waals surface area contributed by atoms with Crippen LogP contribution >= 0.6 is 0 Å². The molecule has 2 aliphatic rings. The normalized spacial score (nSPS) is 28.3. The topological polar surface area (TPSA) is 88.6 Å². The second-order valence-electron chi connectivity index (χ2n) is 6.11. The highest BCUT2D eigenvalue weighted by Crippen LogP contribution is 2.34. The molecule has 23 heavy (non-hydrogen) atoms. The predicted molar refractivity (Wildman–Crippen MR) is 83.9 cm³/mol. The van der Waals surface area contributed by atoms with Crippen molar-refractivity contribution in [2.75, 3.05) is 19.3 Å². The lowest BCUT2D eigenvalue weighted by atomic mass is 9.93. The first-order valence-corrected chi connectivity index (χ1v) is 9.56. The minimum Gasteiger partial charge on any atom is -0.363 e. The maximum absolute atomic E-state index is 12.2. The summed E-state index contributed by atoms with van der Waals surface area (Å²) in [5.74, 6) is 0.0922. The Morgan fingerprint density at radius 1 is 1.48 bits per heavy atom. The lowest BCUT2D eigenvalue weighted by molar-refractivity contribution is -0.132. The zero-order chi connectivity index (χ0) is 16.4. The van der Waals surface area contributed by atoms with E-state index in [1.165, 1.54) is 10.6 Å². The Morgan fingerprint density at radius 2 is 2.30 bits per heavy atom. The molecule has 1 aromatic rings. The van der Waals surface area contributed by atoms with Crippen molar-refractivity contribution in [1.82, 2.24) is 14.6 Å². The van der Waals surface area contributed by atoms with Crippen molar-refractivity contribution in [3.8, 4) is 0 Å². The Bertz CT molecular complexity index is 665. The van der Waals surface area contributed by atoms with Crippen LogP contribution in [0.5, 0.6) is 0 Å². The van der Waals surface area contributed by atoms with Gasteiger partial charge in [-0.2, -0.15) is 4.31 Å². The van der Waals surface area contributed by atoms with E-state index in [9.17, 15) is 13.2 Å². The van der Waals surface area contributed by atoms with E-state index in [-0.39, 0.29) is 17.9 Å². The van der Waals surface area contributed by atoms with Gasteiger partial charge >= 0.3 is 0 Å². The van der Waals surface area contributed by atoms with Gasteiger partial charge in [0.2, 0.25) is 15.9 Å². The number of carbonyl (C=O) groups is 1. The fourth-order valence-corrected chi connectivity index (χ4v) is 4.02. The van der Waals surface area contributed by atoms with Crippen LogP contribution in [-0.2, 0) is 26.1 Å². The van der Waals surface area contributed by atoms with Crippen molar-refractivity contribution in [2.45, 2.75) is 31.6 Å². The lowest BCUT2D eigenvalue weighted by Crippen LogP contribution is -2.45. The van der Waals surface area contributed by atoms with Gasteiger partial charge in [-0.1, -0.05) is 6.07 Å². The number of hydrogen-bond acceptors (Lipinski definition) is 5. The molecule has 2 aliphatic heterocycles. The van der Waals surface area contributed by atoms with E-state index in [2.05, 4.69) is 10.3 Å². The summed E-state index contributed by atoms with van der Waals surface area (Å²) in [4.78, 5) is 16.4. The standard InChI is InChI=1S/C15H21N3O4S/c1-23(20,21)18-7-5-11-8-13(22-14(11)10-18)15(19)17-9-12-4-2-3-6-16-12/h2-4,6,11,13-14H,5,7-10H2,1H3,(H,17,19)/t11-,13+,14-/m0/s1. The first-order chi connectivity index (χ1) is 10.9. The van der Waals surface area contributed by atoms with Gasteiger partial charge in [0.1, 0.15) is 6.10 Å². The summed E-state index contributed by atoms with van der Waals surface area (Å²) < 4.78 is 30.5. The third-order valence-corrected chi connectivity index (χ3v) is 5.72. The molecule has 126 valence electrons. The summed E-state index contributed by atoms with van der Waals surface area (Å²) in [5.41, 5.74) is 0.791. The van der Waals surface area contributed by atoms with E-state index < -0.39 is 16.1 Å². The van der Waals surface area contributed by atoms with Crippen LogP contribution in [0.15, 0.2) is 24.4 Å². The van der Waals surface area contributed by atoms with E-state index >= 15 is 0 Å². The molecule has 0 aliphatic carbocycles. The Morgan fingerprint density at radius 3 is 3.00 bits per heavy atom. The van der Waals surface area contributed by atoms with Crippen molar-refractivity contribution in [2.24, 2.45) is 5.92 Å². The summed E-state index contributed by atoms with van der Waals surface area (Å²) in [6.07, 6.45) is 3.58. The first kappa shape index (κ1) is 16.4. The number of pyridine rings is 1. The minimum absolute atomic E-state index is 0.157. The number of rotatable bonds is 4. The van der Waals surface area contributed by atoms with Crippen LogP contribution in [-0.4, -0.2) is 55.2 Å². The van der Waals surface area contributed by atoms with Gasteiger partial charge in [-0.15, -0.1) is 0 Å². The van der Waals surface area contributed by atoms with Crippen LogP contribution in [0.3, 0.4) is 0 Å². The Labute approximate surface area is 136 Å². The molecule has 8 heteroatoms. The number of nitrogens with one attached hydrogen (secondary N) is 1. The fraction of sp³-hybridized carbons (Fsp3) is 0.600. The Balaban J connectivity index is 1.54. The molecule has 0 bridgehead atoms. The molecule has 2 fully saturated rings. The number of piperidine rings is 1. The van der Waals surface area contributed by atoms with Crippen molar-refractivity contribution in [3.05, 3.63) is 30.1 Å². The average Bonchev–Trinajstić information content (AvgIpc) is 2.96. The summed E-state index contributed by atoms with van der Waals surface area (Å²) in [6.45, 7) is 1.21. The molecule has 0 radical (unpaired) electrons. The van der Waals surface area contributed by atoms with Gasteiger partial charge in [0, 0.05) is 19.3 Å². The molecule has 1 aromatic heterocycles. The molecule has 3 heterocycles. The van der Waals surface area contributed by atoms with Crippen molar-refractivity contribution >= 4 is 15.9 Å². The third-order valence-electron chi connectivity index (χ3n) is 4.45. The van der Waals surface area contributed by atoms with Crippen molar-refractivity contribution in [1.29, 1.82) is 0 Å². The highest BCUT2D eigenvalue weighted by Gasteiger charge is 2.43. The molecular weight excluding hydrogens is 318 g/mol. The van der Waals surface area contributed by atoms with Gasteiger partial charge in [-0.25, -0.2) is 8.42 Å². The van der Waals surface area contributed by atoms with Gasteiger partial charge in [-0.05, 0) is 30.9 Å². The maximum Gasteiger partial charge on any atom is 0.249 e. The van der Waals surface area contributed by atoms with Gasteiger partial charge in [0.15, 0.2) is 0 Å². The molecule has 1 N–H and O–H groups in total. The minimum atomic E-state index is -3.20. The molecule has 0 spiro atoms. The predicted octanol–water partition coefficient (Wildman–Crippen LogP) is 0.137. The summed E-state index contributed by atoms with van der Waals surface area (Å²) in [5, 5.41) is 2.83. The van der Waals surface area contributed by atoms with Crippen LogP contribution in [0.2, 0.25) is 0 Å². The smallest absolute Gasteiger partial charge is 0.249 e. The average molecular weight is 339 g/mol. The van der Waals surface area contributed by atoms with Gasteiger partial charge < -0.3 is 10.1 Å². The number of carbonyl (C=O) groups excluding carboxylic acids is 1. The summed E-state index contributed by atoms with van der Waals surface area (Å²) >= 11 is 0. The van der Waals surface area contributed by atoms with Gasteiger partial charge in [-0.3, -0.25) is 9.78 Å². The van der Waals surface area contributed by atoms with E-state index in [1.54, 1.807) is 6.20 Å². The second-order valence-corrected chi connectivity index (χ2v) is 8.09. The molecule has 0 saturated carbocycles. The molecule has 7 nitrogen and oxygen atoms in total. The molecule has 3 rings (SSSR count). The van der Waals surface area contributed by atoms with Crippen LogP contribution in [0.25, 0.3) is 0 Å². The number of fused-ring (bicyclic) bond motifs is 1. The SMILES string of the molecule is CS(=O)(=O)N1CC[C@H]2C[C@H](C(=O)NCc3ccccn3)O[C@H]2C1. The fourth-order valence-electron chi connectivity index (χ4n) is 3.17. The first-order valence-electron chi connectivity index (χ1n) is 7.71. The monoisotopic (exact) mass is 339 g/mol. The van der Waals surface area contributed by atoms with Crippen molar-refractivity contribution < 1.29 is 17.9 Å². The summed E-state index contributed by atoms with van der Waals surface area (Å²) in [6, 6.07) is 5.54. The molecule has 1 amide bonds. The van der Waals surface area contributed by atoms with Gasteiger partial charge in [0.05, 0.1) is 24.6 Å². The number of amides is 1. The molecule has 2 saturated heterocycles. The molecule has 0 unspecified atom stereocenters. The summed E-state index contributed by atoms with van der Waals surface area (Å²) in [7, 11) is -3.20. The molecular formula is C15H21N3O4S. The van der Waals surface area contributed by atoms with Crippen LogP contribution in [0.4, 0.5) is 0 Å². The number of aromatic nitrogens is 1. The Kier molecular flexibility index (Phi) is 4.65. The Hall–Kier alpha value is -1.51. The van der Waals surface area contributed by atoms with E-state index in [0.29, 0.717) is 26.1 Å².